The number of methoxy groups -OCH3 is 1. The second-order valence-corrected chi connectivity index (χ2v) is 7.14. The zero-order chi connectivity index (χ0) is 19.8. The highest BCUT2D eigenvalue weighted by molar-refractivity contribution is 5.78. The molecule has 0 radical (unpaired) electrons. The highest BCUT2D eigenvalue weighted by Crippen LogP contribution is 2.31. The molecule has 146 valence electrons. The molecule has 1 atom stereocenters. The lowest BCUT2D eigenvalue weighted by molar-refractivity contribution is 0.374. The minimum Gasteiger partial charge on any atom is -0.468 e. The molecule has 7 nitrogen and oxygen atoms in total. The van der Waals surface area contributed by atoms with E-state index >= 15 is 0 Å². The maximum Gasteiger partial charge on any atom is 0.304 e. The summed E-state index contributed by atoms with van der Waals surface area (Å²) in [6.45, 7) is 0.849. The summed E-state index contributed by atoms with van der Waals surface area (Å²) in [5, 5.41) is 3.57. The Labute approximate surface area is 168 Å². The first-order chi connectivity index (χ1) is 14.2. The lowest BCUT2D eigenvalue weighted by Gasteiger charge is -2.27. The second kappa shape index (κ2) is 7.18. The van der Waals surface area contributed by atoms with Gasteiger partial charge in [0.1, 0.15) is 5.82 Å². The Kier molecular flexibility index (Phi) is 4.37. The lowest BCUT2D eigenvalue weighted by atomic mass is 9.94. The molecule has 0 saturated carbocycles. The molecule has 1 aliphatic rings. The van der Waals surface area contributed by atoms with Crippen molar-refractivity contribution in [2.75, 3.05) is 19.4 Å². The molecule has 0 saturated heterocycles. The highest BCUT2D eigenvalue weighted by atomic mass is 16.5. The number of ether oxygens (including phenoxy) is 1. The van der Waals surface area contributed by atoms with Crippen molar-refractivity contribution >= 4 is 16.9 Å². The number of nitrogens with two attached hydrogens (primary N) is 1. The van der Waals surface area contributed by atoms with Crippen molar-refractivity contribution in [3.05, 3.63) is 71.4 Å². The van der Waals surface area contributed by atoms with Crippen molar-refractivity contribution in [1.82, 2.24) is 24.8 Å². The molecule has 3 N–H and O–H groups in total. The van der Waals surface area contributed by atoms with Gasteiger partial charge in [0, 0.05) is 24.6 Å². The Hall–Kier alpha value is -3.45. The third-order valence-corrected chi connectivity index (χ3v) is 5.34. The van der Waals surface area contributed by atoms with E-state index in [0.717, 1.165) is 41.7 Å². The first-order valence-electron chi connectivity index (χ1n) is 9.70. The molecule has 0 bridgehead atoms. The lowest BCUT2D eigenvalue weighted by Crippen LogP contribution is -2.33. The van der Waals surface area contributed by atoms with Gasteiger partial charge in [-0.2, -0.15) is 9.97 Å². The molecule has 5 rings (SSSR count). The van der Waals surface area contributed by atoms with Crippen LogP contribution in [0.15, 0.2) is 54.6 Å². The normalized spacial score (nSPS) is 16.0. The van der Waals surface area contributed by atoms with Crippen LogP contribution < -0.4 is 15.8 Å². The van der Waals surface area contributed by atoms with Crippen molar-refractivity contribution in [2.45, 2.75) is 18.9 Å². The van der Waals surface area contributed by atoms with Crippen molar-refractivity contribution < 1.29 is 4.74 Å². The molecule has 29 heavy (non-hydrogen) atoms. The average molecular weight is 386 g/mol. The second-order valence-electron chi connectivity index (χ2n) is 7.14. The van der Waals surface area contributed by atoms with E-state index in [2.05, 4.69) is 39.6 Å². The van der Waals surface area contributed by atoms with E-state index in [1.807, 2.05) is 34.9 Å². The number of hydrogen-bond acceptors (Lipinski definition) is 6. The molecule has 7 heteroatoms. The molecular weight excluding hydrogens is 364 g/mol. The summed E-state index contributed by atoms with van der Waals surface area (Å²) >= 11 is 0. The maximum atomic E-state index is 6.46. The molecule has 3 heterocycles. The molecular formula is C22H22N6O. The van der Waals surface area contributed by atoms with Crippen LogP contribution in [0.4, 0.5) is 5.82 Å². The Bertz CT molecular complexity index is 1170. The fourth-order valence-corrected chi connectivity index (χ4v) is 4.02. The first kappa shape index (κ1) is 17.6. The fourth-order valence-electron chi connectivity index (χ4n) is 4.02. The van der Waals surface area contributed by atoms with Crippen LogP contribution in [0.3, 0.4) is 0 Å². The number of benzene rings is 2. The van der Waals surface area contributed by atoms with E-state index in [-0.39, 0.29) is 6.04 Å². The number of rotatable bonds is 4. The number of imidazole rings is 1. The summed E-state index contributed by atoms with van der Waals surface area (Å²) < 4.78 is 7.31. The van der Waals surface area contributed by atoms with Gasteiger partial charge in [-0.25, -0.2) is 9.55 Å². The molecule has 1 unspecified atom stereocenters. The van der Waals surface area contributed by atoms with Crippen LogP contribution in [0.1, 0.15) is 22.9 Å². The van der Waals surface area contributed by atoms with E-state index in [1.54, 1.807) is 7.11 Å². The summed E-state index contributed by atoms with van der Waals surface area (Å²) in [6.07, 6.45) is 1.65. The van der Waals surface area contributed by atoms with Gasteiger partial charge in [-0.3, -0.25) is 0 Å². The van der Waals surface area contributed by atoms with E-state index in [0.29, 0.717) is 17.8 Å². The summed E-state index contributed by atoms with van der Waals surface area (Å²) in [7, 11) is 1.60. The van der Waals surface area contributed by atoms with Gasteiger partial charge in [0.05, 0.1) is 23.8 Å². The minimum atomic E-state index is 0.0941. The summed E-state index contributed by atoms with van der Waals surface area (Å²) in [5.41, 5.74) is 11.4. The minimum absolute atomic E-state index is 0.0941. The Morgan fingerprint density at radius 2 is 1.86 bits per heavy atom. The van der Waals surface area contributed by atoms with Gasteiger partial charge >= 0.3 is 6.01 Å². The van der Waals surface area contributed by atoms with E-state index < -0.39 is 0 Å². The van der Waals surface area contributed by atoms with Gasteiger partial charge in [-0.15, -0.1) is 0 Å². The quantitative estimate of drug-likeness (QED) is 0.560. The molecule has 0 fully saturated rings. The predicted octanol–water partition coefficient (Wildman–Crippen LogP) is 2.84. The number of fused-ring (bicyclic) bond motifs is 2. The monoisotopic (exact) mass is 386 g/mol. The first-order valence-corrected chi connectivity index (χ1v) is 9.70. The molecule has 0 amide bonds. The van der Waals surface area contributed by atoms with Crippen LogP contribution in [0.5, 0.6) is 6.01 Å². The van der Waals surface area contributed by atoms with Gasteiger partial charge in [0.25, 0.3) is 0 Å². The molecule has 1 aliphatic heterocycles. The van der Waals surface area contributed by atoms with E-state index in [4.69, 9.17) is 15.5 Å². The van der Waals surface area contributed by atoms with Crippen LogP contribution in [0.2, 0.25) is 0 Å². The Morgan fingerprint density at radius 1 is 1.07 bits per heavy atom. The van der Waals surface area contributed by atoms with Crippen LogP contribution in [-0.2, 0) is 12.8 Å². The zero-order valence-electron chi connectivity index (χ0n) is 16.2. The fraction of sp³-hybridized carbons (Fsp3) is 0.227. The van der Waals surface area contributed by atoms with E-state index in [1.165, 1.54) is 5.56 Å². The Balaban J connectivity index is 1.60. The Morgan fingerprint density at radius 3 is 2.69 bits per heavy atom. The third-order valence-electron chi connectivity index (χ3n) is 5.34. The molecule has 2 aromatic carbocycles. The predicted molar refractivity (Wildman–Crippen MR) is 112 cm³/mol. The topological polar surface area (TPSA) is 90.9 Å². The number of para-hydroxylation sites is 2. The van der Waals surface area contributed by atoms with Gasteiger partial charge in [0.2, 0.25) is 5.95 Å². The van der Waals surface area contributed by atoms with Gasteiger partial charge in [-0.05, 0) is 24.1 Å². The summed E-state index contributed by atoms with van der Waals surface area (Å²) in [4.78, 5) is 14.1. The number of nitrogens with one attached hydrogen (secondary N) is 1. The van der Waals surface area contributed by atoms with Crippen molar-refractivity contribution in [3.8, 4) is 12.0 Å². The number of aromatic nitrogens is 4. The third kappa shape index (κ3) is 3.09. The van der Waals surface area contributed by atoms with Crippen LogP contribution in [-0.4, -0.2) is 33.2 Å². The number of nitrogen functional groups attached to an aromatic ring is 1. The standard InChI is InChI=1S/C22H22N6O/c1-29-22-26-15-9-5-6-10-18(15)28(22)21-25-16-11-12-24-17(19(16)20(23)27-21)13-14-7-3-2-4-8-14/h2-10,17,24H,11-13H2,1H3,(H2,23,25,27). The molecule has 0 aliphatic carbocycles. The number of anilines is 1. The summed E-state index contributed by atoms with van der Waals surface area (Å²) in [6, 6.07) is 18.8. The molecule has 4 aromatic rings. The highest BCUT2D eigenvalue weighted by Gasteiger charge is 2.27. The average Bonchev–Trinajstić information content (AvgIpc) is 3.13. The van der Waals surface area contributed by atoms with Crippen LogP contribution >= 0.6 is 0 Å². The number of nitrogens with zero attached hydrogens (tertiary/aromatic N) is 4. The van der Waals surface area contributed by atoms with Crippen molar-refractivity contribution in [1.29, 1.82) is 0 Å². The smallest absolute Gasteiger partial charge is 0.304 e. The van der Waals surface area contributed by atoms with Crippen molar-refractivity contribution in [3.63, 3.8) is 0 Å². The number of hydrogen-bond donors (Lipinski definition) is 2. The van der Waals surface area contributed by atoms with Crippen LogP contribution in [0, 0.1) is 0 Å². The largest absolute Gasteiger partial charge is 0.468 e. The van der Waals surface area contributed by atoms with Gasteiger partial charge in [0.15, 0.2) is 0 Å². The summed E-state index contributed by atoms with van der Waals surface area (Å²) in [5.74, 6) is 0.991. The van der Waals surface area contributed by atoms with Gasteiger partial charge < -0.3 is 15.8 Å². The van der Waals surface area contributed by atoms with Crippen molar-refractivity contribution in [2.24, 2.45) is 0 Å². The maximum absolute atomic E-state index is 6.46. The van der Waals surface area contributed by atoms with Gasteiger partial charge in [-0.1, -0.05) is 42.5 Å². The molecule has 2 aromatic heterocycles. The molecule has 0 spiro atoms. The SMILES string of the molecule is COc1nc2ccccc2n1-c1nc(N)c2c(n1)CCNC2Cc1ccccc1. The zero-order valence-corrected chi connectivity index (χ0v) is 16.2. The van der Waals surface area contributed by atoms with E-state index in [9.17, 15) is 0 Å². The van der Waals surface area contributed by atoms with Crippen LogP contribution in [0.25, 0.3) is 17.0 Å².